The monoisotopic (exact) mass is 396 g/mol. The first-order valence-corrected chi connectivity index (χ1v) is 10.1. The molecule has 0 atom stereocenters. The van der Waals surface area contributed by atoms with Crippen LogP contribution in [0.3, 0.4) is 0 Å². The van der Waals surface area contributed by atoms with E-state index in [0.717, 1.165) is 82.7 Å². The summed E-state index contributed by atoms with van der Waals surface area (Å²) in [6, 6.07) is 0. The predicted octanol–water partition coefficient (Wildman–Crippen LogP) is 1.12. The van der Waals surface area contributed by atoms with Crippen LogP contribution < -0.4 is 5.32 Å². The van der Waals surface area contributed by atoms with Gasteiger partial charge in [-0.2, -0.15) is 0 Å². The highest BCUT2D eigenvalue weighted by atomic mass is 16.5. The smallest absolute Gasteiger partial charge is 0.194 e. The second kappa shape index (κ2) is 12.7. The fourth-order valence-electron chi connectivity index (χ4n) is 3.11. The maximum absolute atomic E-state index is 5.97. The van der Waals surface area contributed by atoms with E-state index in [0.29, 0.717) is 12.6 Å². The Morgan fingerprint density at radius 1 is 1.11 bits per heavy atom. The molecule has 1 aromatic heterocycles. The minimum atomic E-state index is 0.323. The van der Waals surface area contributed by atoms with Gasteiger partial charge in [-0.3, -0.25) is 0 Å². The highest BCUT2D eigenvalue weighted by Crippen LogP contribution is 2.14. The molecule has 0 amide bonds. The fraction of sp³-hybridized carbons (Fsp3) is 0.842. The number of hydrogen-bond donors (Lipinski definition) is 1. The largest absolute Gasteiger partial charge is 0.385 e. The van der Waals surface area contributed by atoms with E-state index in [9.17, 15) is 0 Å². The lowest BCUT2D eigenvalue weighted by atomic mass is 10.1. The molecule has 0 unspecified atom stereocenters. The second-order valence-corrected chi connectivity index (χ2v) is 7.04. The van der Waals surface area contributed by atoms with Crippen LogP contribution in [-0.2, 0) is 27.8 Å². The Bertz CT molecular complexity index is 584. The molecular formula is C19H36N6O3. The summed E-state index contributed by atoms with van der Waals surface area (Å²) in [6.07, 6.45) is 4.23. The molecule has 0 saturated carbocycles. The summed E-state index contributed by atoms with van der Waals surface area (Å²) in [6.45, 7) is 7.41. The molecule has 1 aliphatic heterocycles. The van der Waals surface area contributed by atoms with E-state index in [-0.39, 0.29) is 0 Å². The lowest BCUT2D eigenvalue weighted by molar-refractivity contribution is 0.00987. The van der Waals surface area contributed by atoms with Gasteiger partial charge in [0.2, 0.25) is 0 Å². The minimum absolute atomic E-state index is 0.323. The third kappa shape index (κ3) is 7.37. The average Bonchev–Trinajstić information content (AvgIpc) is 3.03. The Morgan fingerprint density at radius 2 is 1.82 bits per heavy atom. The summed E-state index contributed by atoms with van der Waals surface area (Å²) in [5.74, 6) is 2.69. The van der Waals surface area contributed by atoms with Crippen LogP contribution >= 0.6 is 0 Å². The third-order valence-electron chi connectivity index (χ3n) is 4.95. The Balaban J connectivity index is 1.88. The molecule has 0 radical (unpaired) electrons. The highest BCUT2D eigenvalue weighted by molar-refractivity contribution is 5.80. The maximum Gasteiger partial charge on any atom is 0.194 e. The fourth-order valence-corrected chi connectivity index (χ4v) is 3.11. The van der Waals surface area contributed by atoms with Gasteiger partial charge in [0.25, 0.3) is 0 Å². The first-order chi connectivity index (χ1) is 13.7. The van der Waals surface area contributed by atoms with Gasteiger partial charge in [-0.15, -0.1) is 10.2 Å². The van der Waals surface area contributed by atoms with Gasteiger partial charge in [-0.25, -0.2) is 4.99 Å². The molecule has 1 aliphatic rings. The van der Waals surface area contributed by atoms with Gasteiger partial charge in [0.15, 0.2) is 11.8 Å². The number of likely N-dealkylation sites (tertiary alicyclic amines) is 1. The van der Waals surface area contributed by atoms with Crippen LogP contribution in [-0.4, -0.2) is 85.4 Å². The van der Waals surface area contributed by atoms with Crippen molar-refractivity contribution in [3.05, 3.63) is 11.6 Å². The number of guanidine groups is 1. The van der Waals surface area contributed by atoms with Crippen molar-refractivity contribution < 1.29 is 14.2 Å². The topological polar surface area (TPSA) is 86.0 Å². The number of ether oxygens (including phenoxy) is 3. The van der Waals surface area contributed by atoms with Gasteiger partial charge >= 0.3 is 0 Å². The predicted molar refractivity (Wildman–Crippen MR) is 108 cm³/mol. The number of aromatic nitrogens is 3. The number of nitrogens with one attached hydrogen (secondary N) is 1. The number of hydrogen-bond acceptors (Lipinski definition) is 6. The van der Waals surface area contributed by atoms with Crippen molar-refractivity contribution in [1.82, 2.24) is 25.0 Å². The summed E-state index contributed by atoms with van der Waals surface area (Å²) in [7, 11) is 5.42. The molecular weight excluding hydrogens is 360 g/mol. The molecule has 0 aromatic carbocycles. The number of nitrogens with zero attached hydrogens (tertiary/aromatic N) is 5. The van der Waals surface area contributed by atoms with E-state index in [1.807, 2.05) is 18.5 Å². The van der Waals surface area contributed by atoms with Crippen LogP contribution in [0, 0.1) is 6.92 Å². The van der Waals surface area contributed by atoms with Crippen LogP contribution in [0.5, 0.6) is 0 Å². The van der Waals surface area contributed by atoms with Crippen molar-refractivity contribution in [3.8, 4) is 0 Å². The van der Waals surface area contributed by atoms with Gasteiger partial charge in [0, 0.05) is 60.7 Å². The zero-order valence-electron chi connectivity index (χ0n) is 17.8. The first kappa shape index (κ1) is 22.6. The molecule has 0 bridgehead atoms. The van der Waals surface area contributed by atoms with Crippen molar-refractivity contribution >= 4 is 5.96 Å². The molecule has 160 valence electrons. The van der Waals surface area contributed by atoms with Crippen molar-refractivity contribution in [1.29, 1.82) is 0 Å². The summed E-state index contributed by atoms with van der Waals surface area (Å²) >= 11 is 0. The SMILES string of the molecule is COCCCNC(=NCc1nnc(C)n1C)N1CCC(OCCCOC)CC1. The second-order valence-electron chi connectivity index (χ2n) is 7.04. The average molecular weight is 397 g/mol. The number of aryl methyl sites for hydroxylation is 1. The van der Waals surface area contributed by atoms with E-state index in [4.69, 9.17) is 19.2 Å². The van der Waals surface area contributed by atoms with Crippen LogP contribution in [0.25, 0.3) is 0 Å². The van der Waals surface area contributed by atoms with E-state index in [1.165, 1.54) is 0 Å². The van der Waals surface area contributed by atoms with Gasteiger partial charge in [0.1, 0.15) is 12.4 Å². The number of methoxy groups -OCH3 is 2. The van der Waals surface area contributed by atoms with Crippen LogP contribution in [0.1, 0.15) is 37.3 Å². The Morgan fingerprint density at radius 3 is 2.46 bits per heavy atom. The summed E-state index contributed by atoms with van der Waals surface area (Å²) in [5.41, 5.74) is 0. The number of rotatable bonds is 11. The van der Waals surface area contributed by atoms with Crippen molar-refractivity contribution in [2.75, 3.05) is 53.7 Å². The highest BCUT2D eigenvalue weighted by Gasteiger charge is 2.22. The quantitative estimate of drug-likeness (QED) is 0.341. The van der Waals surface area contributed by atoms with E-state index in [1.54, 1.807) is 14.2 Å². The summed E-state index contributed by atoms with van der Waals surface area (Å²) in [4.78, 5) is 7.12. The Hall–Kier alpha value is -1.71. The van der Waals surface area contributed by atoms with Crippen LogP contribution in [0.15, 0.2) is 4.99 Å². The standard InChI is InChI=1S/C19H36N6O3/c1-16-22-23-18(24(16)2)15-21-19(20-9-5-12-26-3)25-10-7-17(8-11-25)28-14-6-13-27-4/h17H,5-15H2,1-4H3,(H,20,21). The molecule has 28 heavy (non-hydrogen) atoms. The van der Waals surface area contributed by atoms with Crippen molar-refractivity contribution in [2.45, 2.75) is 45.3 Å². The molecule has 1 aromatic rings. The molecule has 9 nitrogen and oxygen atoms in total. The summed E-state index contributed by atoms with van der Waals surface area (Å²) in [5, 5.41) is 11.8. The zero-order chi connectivity index (χ0) is 20.2. The Kier molecular flexibility index (Phi) is 10.2. The van der Waals surface area contributed by atoms with E-state index < -0.39 is 0 Å². The van der Waals surface area contributed by atoms with Gasteiger partial charge in [-0.05, 0) is 32.6 Å². The summed E-state index contributed by atoms with van der Waals surface area (Å²) < 4.78 is 18.2. The normalized spacial score (nSPS) is 16.0. The number of piperidine rings is 1. The molecule has 2 heterocycles. The van der Waals surface area contributed by atoms with Gasteiger partial charge in [0.05, 0.1) is 6.10 Å². The molecule has 9 heteroatoms. The van der Waals surface area contributed by atoms with Crippen LogP contribution in [0.4, 0.5) is 0 Å². The van der Waals surface area contributed by atoms with Crippen molar-refractivity contribution in [3.63, 3.8) is 0 Å². The molecule has 0 spiro atoms. The number of aliphatic imine (C=N–C) groups is 1. The zero-order valence-corrected chi connectivity index (χ0v) is 17.8. The Labute approximate surface area is 168 Å². The van der Waals surface area contributed by atoms with E-state index in [2.05, 4.69) is 20.4 Å². The lowest BCUT2D eigenvalue weighted by Gasteiger charge is -2.34. The molecule has 1 N–H and O–H groups in total. The van der Waals surface area contributed by atoms with Gasteiger partial charge < -0.3 is 29.0 Å². The van der Waals surface area contributed by atoms with Crippen LogP contribution in [0.2, 0.25) is 0 Å². The first-order valence-electron chi connectivity index (χ1n) is 10.1. The van der Waals surface area contributed by atoms with E-state index >= 15 is 0 Å². The molecule has 0 aliphatic carbocycles. The third-order valence-corrected chi connectivity index (χ3v) is 4.95. The maximum atomic E-state index is 5.97. The minimum Gasteiger partial charge on any atom is -0.385 e. The van der Waals surface area contributed by atoms with Crippen molar-refractivity contribution in [2.24, 2.45) is 12.0 Å². The van der Waals surface area contributed by atoms with Gasteiger partial charge in [-0.1, -0.05) is 0 Å². The lowest BCUT2D eigenvalue weighted by Crippen LogP contribution is -2.47. The molecule has 1 saturated heterocycles. The molecule has 1 fully saturated rings. The molecule has 2 rings (SSSR count).